The molecule has 22 heavy (non-hydrogen) atoms. The van der Waals surface area contributed by atoms with Crippen LogP contribution in [0, 0.1) is 17.6 Å². The van der Waals surface area contributed by atoms with Crippen molar-refractivity contribution in [2.24, 2.45) is 5.92 Å². The highest BCUT2D eigenvalue weighted by molar-refractivity contribution is 5.79. The molecule has 1 aromatic carbocycles. The number of carbonyl (C=O) groups is 1. The van der Waals surface area contributed by atoms with Crippen LogP contribution in [0.1, 0.15) is 32.3 Å². The van der Waals surface area contributed by atoms with E-state index in [0.29, 0.717) is 19.6 Å². The Morgan fingerprint density at radius 3 is 2.50 bits per heavy atom. The largest absolute Gasteiger partial charge is 0.343 e. The van der Waals surface area contributed by atoms with E-state index in [9.17, 15) is 13.6 Å². The van der Waals surface area contributed by atoms with Gasteiger partial charge in [-0.3, -0.25) is 9.69 Å². The van der Waals surface area contributed by atoms with Gasteiger partial charge in [0.05, 0.1) is 5.92 Å². The van der Waals surface area contributed by atoms with Crippen molar-refractivity contribution in [3.05, 3.63) is 35.4 Å². The fraction of sp³-hybridized carbons (Fsp3) is 0.588. The number of halogens is 2. The quantitative estimate of drug-likeness (QED) is 0.834. The van der Waals surface area contributed by atoms with E-state index in [-0.39, 0.29) is 23.9 Å². The summed E-state index contributed by atoms with van der Waals surface area (Å²) in [6.07, 6.45) is 1.74. The number of amides is 1. The number of likely N-dealkylation sites (tertiary alicyclic amines) is 1. The van der Waals surface area contributed by atoms with Crippen LogP contribution in [0.5, 0.6) is 0 Å². The molecule has 1 aliphatic heterocycles. The van der Waals surface area contributed by atoms with Crippen LogP contribution in [0.3, 0.4) is 0 Å². The molecule has 1 amide bonds. The highest BCUT2D eigenvalue weighted by Crippen LogP contribution is 2.22. The molecule has 2 rings (SSSR count). The summed E-state index contributed by atoms with van der Waals surface area (Å²) in [5.41, 5.74) is 0.0958. The van der Waals surface area contributed by atoms with Crippen molar-refractivity contribution in [3.8, 4) is 0 Å². The van der Waals surface area contributed by atoms with Gasteiger partial charge in [0, 0.05) is 31.7 Å². The number of rotatable bonds is 5. The number of piperidine rings is 1. The van der Waals surface area contributed by atoms with Gasteiger partial charge < -0.3 is 4.90 Å². The Hall–Kier alpha value is -1.49. The fourth-order valence-electron chi connectivity index (χ4n) is 3.10. The van der Waals surface area contributed by atoms with E-state index in [2.05, 4.69) is 0 Å². The number of carbonyl (C=O) groups excluding carboxylic acids is 1. The van der Waals surface area contributed by atoms with Gasteiger partial charge in [-0.05, 0) is 45.4 Å². The van der Waals surface area contributed by atoms with E-state index in [4.69, 9.17) is 0 Å². The van der Waals surface area contributed by atoms with Gasteiger partial charge in [0.1, 0.15) is 11.6 Å². The molecule has 0 radical (unpaired) electrons. The zero-order valence-corrected chi connectivity index (χ0v) is 13.3. The van der Waals surface area contributed by atoms with Crippen LogP contribution in [0.15, 0.2) is 18.2 Å². The van der Waals surface area contributed by atoms with Crippen molar-refractivity contribution in [3.63, 3.8) is 0 Å². The van der Waals surface area contributed by atoms with Crippen molar-refractivity contribution in [2.75, 3.05) is 26.2 Å². The molecule has 0 N–H and O–H groups in total. The Bertz CT molecular complexity index is 497. The van der Waals surface area contributed by atoms with Gasteiger partial charge in [0.15, 0.2) is 0 Å². The second-order valence-corrected chi connectivity index (χ2v) is 5.79. The molecule has 1 aliphatic rings. The molecule has 1 saturated heterocycles. The Morgan fingerprint density at radius 2 is 1.91 bits per heavy atom. The van der Waals surface area contributed by atoms with Gasteiger partial charge in [0.25, 0.3) is 0 Å². The molecule has 0 aromatic heterocycles. The highest BCUT2D eigenvalue weighted by atomic mass is 19.1. The first-order chi connectivity index (χ1) is 10.6. The maximum Gasteiger partial charge on any atom is 0.226 e. The Kier molecular flexibility index (Phi) is 5.89. The third-order valence-electron chi connectivity index (χ3n) is 4.37. The molecule has 1 heterocycles. The Morgan fingerprint density at radius 1 is 1.27 bits per heavy atom. The van der Waals surface area contributed by atoms with Crippen molar-refractivity contribution in [2.45, 2.75) is 33.2 Å². The second-order valence-electron chi connectivity index (χ2n) is 5.79. The molecule has 0 bridgehead atoms. The maximum atomic E-state index is 13.8. The van der Waals surface area contributed by atoms with E-state index in [1.54, 1.807) is 0 Å². The molecule has 0 unspecified atom stereocenters. The molecule has 5 heteroatoms. The standard InChI is InChI=1S/C17H24F2N2O/c1-3-21(4-2)17(22)13-7-6-10-20(11-13)12-14-15(18)8-5-9-16(14)19/h5,8-9,13H,3-4,6-7,10-12H2,1-2H3/t13-/m1/s1. The number of hydrogen-bond donors (Lipinski definition) is 0. The lowest BCUT2D eigenvalue weighted by atomic mass is 9.96. The van der Waals surface area contributed by atoms with Gasteiger partial charge in [-0.2, -0.15) is 0 Å². The van der Waals surface area contributed by atoms with Gasteiger partial charge in [-0.15, -0.1) is 0 Å². The van der Waals surface area contributed by atoms with Crippen LogP contribution in [0.25, 0.3) is 0 Å². The zero-order valence-electron chi connectivity index (χ0n) is 13.3. The Labute approximate surface area is 130 Å². The lowest BCUT2D eigenvalue weighted by Gasteiger charge is -2.34. The monoisotopic (exact) mass is 310 g/mol. The fourth-order valence-corrected chi connectivity index (χ4v) is 3.10. The van der Waals surface area contributed by atoms with Crippen LogP contribution in [-0.2, 0) is 11.3 Å². The zero-order chi connectivity index (χ0) is 16.1. The van der Waals surface area contributed by atoms with Crippen molar-refractivity contribution in [1.82, 2.24) is 9.80 Å². The van der Waals surface area contributed by atoms with E-state index in [0.717, 1.165) is 19.4 Å². The average Bonchev–Trinajstić information content (AvgIpc) is 2.52. The first-order valence-corrected chi connectivity index (χ1v) is 8.00. The van der Waals surface area contributed by atoms with Gasteiger partial charge in [-0.25, -0.2) is 8.78 Å². The topological polar surface area (TPSA) is 23.6 Å². The highest BCUT2D eigenvalue weighted by Gasteiger charge is 2.29. The molecular formula is C17H24F2N2O. The minimum Gasteiger partial charge on any atom is -0.343 e. The smallest absolute Gasteiger partial charge is 0.226 e. The lowest BCUT2D eigenvalue weighted by molar-refractivity contribution is -0.137. The molecule has 122 valence electrons. The minimum absolute atomic E-state index is 0.0662. The summed E-state index contributed by atoms with van der Waals surface area (Å²) >= 11 is 0. The minimum atomic E-state index is -0.516. The first-order valence-electron chi connectivity index (χ1n) is 8.00. The lowest BCUT2D eigenvalue weighted by Crippen LogP contribution is -2.44. The molecular weight excluding hydrogens is 286 g/mol. The molecule has 0 spiro atoms. The van der Waals surface area contributed by atoms with Gasteiger partial charge in [0.2, 0.25) is 5.91 Å². The molecule has 1 aromatic rings. The van der Waals surface area contributed by atoms with E-state index in [1.165, 1.54) is 18.2 Å². The van der Waals surface area contributed by atoms with E-state index in [1.807, 2.05) is 23.6 Å². The first kappa shape index (κ1) is 16.9. The SMILES string of the molecule is CCN(CC)C(=O)[C@@H]1CCCN(Cc2c(F)cccc2F)C1. The predicted molar refractivity (Wildman–Crippen MR) is 82.3 cm³/mol. The van der Waals surface area contributed by atoms with E-state index < -0.39 is 11.6 Å². The summed E-state index contributed by atoms with van der Waals surface area (Å²) in [5.74, 6) is -0.943. The van der Waals surface area contributed by atoms with Gasteiger partial charge >= 0.3 is 0 Å². The van der Waals surface area contributed by atoms with E-state index >= 15 is 0 Å². The summed E-state index contributed by atoms with van der Waals surface area (Å²) in [7, 11) is 0. The molecule has 0 aliphatic carbocycles. The normalized spacial score (nSPS) is 19.2. The summed E-state index contributed by atoms with van der Waals surface area (Å²) < 4.78 is 27.5. The Balaban J connectivity index is 2.03. The summed E-state index contributed by atoms with van der Waals surface area (Å²) in [6.45, 7) is 6.91. The second kappa shape index (κ2) is 7.68. The number of benzene rings is 1. The average molecular weight is 310 g/mol. The van der Waals surface area contributed by atoms with Crippen molar-refractivity contribution >= 4 is 5.91 Å². The van der Waals surface area contributed by atoms with Crippen LogP contribution in [0.4, 0.5) is 8.78 Å². The van der Waals surface area contributed by atoms with Crippen LogP contribution in [-0.4, -0.2) is 41.9 Å². The van der Waals surface area contributed by atoms with Crippen LogP contribution < -0.4 is 0 Å². The molecule has 3 nitrogen and oxygen atoms in total. The van der Waals surface area contributed by atoms with Crippen molar-refractivity contribution < 1.29 is 13.6 Å². The predicted octanol–water partition coefficient (Wildman–Crippen LogP) is 3.05. The number of hydrogen-bond acceptors (Lipinski definition) is 2. The summed E-state index contributed by atoms with van der Waals surface area (Å²) in [5, 5.41) is 0. The summed E-state index contributed by atoms with van der Waals surface area (Å²) in [4.78, 5) is 16.3. The number of nitrogens with zero attached hydrogens (tertiary/aromatic N) is 2. The van der Waals surface area contributed by atoms with Crippen LogP contribution >= 0.6 is 0 Å². The maximum absolute atomic E-state index is 13.8. The molecule has 1 fully saturated rings. The third-order valence-corrected chi connectivity index (χ3v) is 4.37. The van der Waals surface area contributed by atoms with Crippen LogP contribution in [0.2, 0.25) is 0 Å². The van der Waals surface area contributed by atoms with Crippen molar-refractivity contribution in [1.29, 1.82) is 0 Å². The third kappa shape index (κ3) is 3.83. The summed E-state index contributed by atoms with van der Waals surface area (Å²) in [6, 6.07) is 3.93. The van der Waals surface area contributed by atoms with Gasteiger partial charge in [-0.1, -0.05) is 6.07 Å². The molecule has 1 atom stereocenters. The molecule has 0 saturated carbocycles.